The van der Waals surface area contributed by atoms with Gasteiger partial charge >= 0.3 is 5.97 Å². The molecule has 1 aromatic rings. The van der Waals surface area contributed by atoms with Crippen LogP contribution >= 0.6 is 11.6 Å². The molecule has 0 fully saturated rings. The molecule has 98 valence electrons. The Balaban J connectivity index is 0. The quantitative estimate of drug-likeness (QED) is 0.677. The van der Waals surface area contributed by atoms with E-state index in [1.54, 1.807) is 12.1 Å². The average Bonchev–Trinajstić information content (AvgIpc) is 2.39. The number of rotatable bonds is 1. The molecular weight excluding hydrogens is 236 g/mol. The fraction of sp³-hybridized carbons (Fsp3) is 0.500. The molecule has 0 radical (unpaired) electrons. The van der Waals surface area contributed by atoms with Crippen LogP contribution in [0.4, 0.5) is 0 Å². The predicted molar refractivity (Wildman–Crippen MR) is 75.0 cm³/mol. The second-order valence-electron chi connectivity index (χ2n) is 2.92. The maximum Gasteiger partial charge on any atom is 0.337 e. The number of ether oxygens (including phenoxy) is 1. The zero-order chi connectivity index (χ0) is 14.0. The van der Waals surface area contributed by atoms with Crippen molar-refractivity contribution >= 4 is 17.6 Å². The summed E-state index contributed by atoms with van der Waals surface area (Å²) in [7, 11) is 1.36. The second kappa shape index (κ2) is 10.2. The summed E-state index contributed by atoms with van der Waals surface area (Å²) in [6.07, 6.45) is 0. The number of halogens is 1. The first kappa shape index (κ1) is 18.3. The molecule has 0 amide bonds. The summed E-state index contributed by atoms with van der Waals surface area (Å²) in [4.78, 5) is 11.2. The third-order valence-corrected chi connectivity index (χ3v) is 2.45. The van der Waals surface area contributed by atoms with E-state index in [0.29, 0.717) is 10.6 Å². The normalized spacial score (nSPS) is 8.24. The molecule has 0 heterocycles. The lowest BCUT2D eigenvalue weighted by Gasteiger charge is -2.05. The zero-order valence-corrected chi connectivity index (χ0v) is 12.6. The molecule has 0 unspecified atom stereocenters. The Morgan fingerprint density at radius 1 is 1.06 bits per heavy atom. The van der Waals surface area contributed by atoms with Crippen molar-refractivity contribution in [3.05, 3.63) is 33.8 Å². The maximum atomic E-state index is 11.2. The molecule has 0 saturated heterocycles. The number of esters is 1. The Morgan fingerprint density at radius 2 is 1.41 bits per heavy atom. The summed E-state index contributed by atoms with van der Waals surface area (Å²) in [6, 6.07) is 3.45. The van der Waals surface area contributed by atoms with Gasteiger partial charge in [-0.25, -0.2) is 4.79 Å². The highest BCUT2D eigenvalue weighted by atomic mass is 35.5. The van der Waals surface area contributed by atoms with Gasteiger partial charge < -0.3 is 4.74 Å². The van der Waals surface area contributed by atoms with E-state index >= 15 is 0 Å². The zero-order valence-electron chi connectivity index (χ0n) is 11.8. The SMILES string of the molecule is CC.CC.COC(=O)c1cc(C)c(Cl)c(C)c1. The lowest BCUT2D eigenvalue weighted by atomic mass is 10.1. The summed E-state index contributed by atoms with van der Waals surface area (Å²) in [6.45, 7) is 11.7. The summed E-state index contributed by atoms with van der Waals surface area (Å²) < 4.78 is 4.60. The van der Waals surface area contributed by atoms with Crippen molar-refractivity contribution in [1.29, 1.82) is 0 Å². The van der Waals surface area contributed by atoms with Crippen LogP contribution in [0.1, 0.15) is 49.2 Å². The Morgan fingerprint density at radius 3 is 1.71 bits per heavy atom. The van der Waals surface area contributed by atoms with Crippen molar-refractivity contribution in [2.24, 2.45) is 0 Å². The first-order valence-corrected chi connectivity index (χ1v) is 6.29. The number of carbonyl (C=O) groups is 1. The van der Waals surface area contributed by atoms with E-state index in [2.05, 4.69) is 4.74 Å². The van der Waals surface area contributed by atoms with Crippen molar-refractivity contribution < 1.29 is 9.53 Å². The molecule has 0 saturated carbocycles. The maximum absolute atomic E-state index is 11.2. The molecule has 1 rings (SSSR count). The van der Waals surface area contributed by atoms with Crippen LogP contribution in [-0.4, -0.2) is 13.1 Å². The van der Waals surface area contributed by atoms with Gasteiger partial charge in [-0.3, -0.25) is 0 Å². The van der Waals surface area contributed by atoms with Crippen LogP contribution in [0.25, 0.3) is 0 Å². The molecule has 0 aliphatic carbocycles. The smallest absolute Gasteiger partial charge is 0.337 e. The molecule has 1 aromatic carbocycles. The molecule has 3 heteroatoms. The Labute approximate surface area is 110 Å². The van der Waals surface area contributed by atoms with E-state index in [4.69, 9.17) is 11.6 Å². The molecule has 2 nitrogen and oxygen atoms in total. The van der Waals surface area contributed by atoms with Crippen molar-refractivity contribution in [1.82, 2.24) is 0 Å². The van der Waals surface area contributed by atoms with Gasteiger partial charge in [0.2, 0.25) is 0 Å². The van der Waals surface area contributed by atoms with Crippen LogP contribution in [0.15, 0.2) is 12.1 Å². The van der Waals surface area contributed by atoms with Gasteiger partial charge in [-0.1, -0.05) is 39.3 Å². The van der Waals surface area contributed by atoms with Crippen LogP contribution in [0.5, 0.6) is 0 Å². The van der Waals surface area contributed by atoms with Crippen LogP contribution in [-0.2, 0) is 4.74 Å². The van der Waals surface area contributed by atoms with E-state index in [1.807, 2.05) is 41.5 Å². The highest BCUT2D eigenvalue weighted by Crippen LogP contribution is 2.21. The van der Waals surface area contributed by atoms with Gasteiger partial charge in [0, 0.05) is 5.02 Å². The van der Waals surface area contributed by atoms with Crippen molar-refractivity contribution in [3.8, 4) is 0 Å². The Kier molecular flexibility index (Phi) is 11.0. The van der Waals surface area contributed by atoms with E-state index in [-0.39, 0.29) is 5.97 Å². The van der Waals surface area contributed by atoms with E-state index < -0.39 is 0 Å². The topological polar surface area (TPSA) is 26.3 Å². The van der Waals surface area contributed by atoms with Gasteiger partial charge in [-0.2, -0.15) is 0 Å². The number of aryl methyl sites for hydroxylation is 2. The fourth-order valence-corrected chi connectivity index (χ4v) is 1.29. The minimum absolute atomic E-state index is 0.331. The van der Waals surface area contributed by atoms with E-state index in [9.17, 15) is 4.79 Å². The van der Waals surface area contributed by atoms with Gasteiger partial charge in [0.25, 0.3) is 0 Å². The van der Waals surface area contributed by atoms with Crippen LogP contribution in [0, 0.1) is 13.8 Å². The lowest BCUT2D eigenvalue weighted by Crippen LogP contribution is -2.02. The van der Waals surface area contributed by atoms with Crippen molar-refractivity contribution in [2.45, 2.75) is 41.5 Å². The Hall–Kier alpha value is -1.02. The molecule has 0 aliphatic rings. The average molecular weight is 259 g/mol. The number of benzene rings is 1. The number of hydrogen-bond donors (Lipinski definition) is 0. The lowest BCUT2D eigenvalue weighted by molar-refractivity contribution is 0.0600. The summed E-state index contributed by atoms with van der Waals surface area (Å²) in [5.41, 5.74) is 2.33. The number of methoxy groups -OCH3 is 1. The van der Waals surface area contributed by atoms with Gasteiger partial charge in [-0.15, -0.1) is 0 Å². The van der Waals surface area contributed by atoms with E-state index in [1.165, 1.54) is 7.11 Å². The van der Waals surface area contributed by atoms with Crippen LogP contribution in [0.2, 0.25) is 5.02 Å². The summed E-state index contributed by atoms with van der Waals surface area (Å²) in [5, 5.41) is 0.702. The van der Waals surface area contributed by atoms with Crippen molar-refractivity contribution in [2.75, 3.05) is 7.11 Å². The van der Waals surface area contributed by atoms with Gasteiger partial charge in [-0.05, 0) is 37.1 Å². The standard InChI is InChI=1S/C10H11ClO2.2C2H6/c1-6-4-8(10(12)13-3)5-7(2)9(6)11;2*1-2/h4-5H,1-3H3;2*1-2H3. The minimum Gasteiger partial charge on any atom is -0.465 e. The molecule has 0 atom stereocenters. The fourth-order valence-electron chi connectivity index (χ4n) is 1.18. The molecular formula is C14H23ClO2. The largest absolute Gasteiger partial charge is 0.465 e. The minimum atomic E-state index is -0.331. The van der Waals surface area contributed by atoms with Gasteiger partial charge in [0.05, 0.1) is 12.7 Å². The number of carbonyl (C=O) groups excluding carboxylic acids is 1. The highest BCUT2D eigenvalue weighted by molar-refractivity contribution is 6.32. The monoisotopic (exact) mass is 258 g/mol. The first-order valence-electron chi connectivity index (χ1n) is 5.91. The predicted octanol–water partition coefficient (Wildman–Crippen LogP) is 4.80. The van der Waals surface area contributed by atoms with E-state index in [0.717, 1.165) is 11.1 Å². The number of hydrogen-bond acceptors (Lipinski definition) is 2. The summed E-state index contributed by atoms with van der Waals surface area (Å²) in [5.74, 6) is -0.331. The molecule has 0 spiro atoms. The first-order chi connectivity index (χ1) is 8.06. The molecule has 0 N–H and O–H groups in total. The molecule has 0 aliphatic heterocycles. The third-order valence-electron chi connectivity index (χ3n) is 1.86. The van der Waals surface area contributed by atoms with Gasteiger partial charge in [0.1, 0.15) is 0 Å². The Bertz CT molecular complexity index is 323. The molecule has 0 aromatic heterocycles. The third kappa shape index (κ3) is 5.73. The van der Waals surface area contributed by atoms with Crippen molar-refractivity contribution in [3.63, 3.8) is 0 Å². The highest BCUT2D eigenvalue weighted by Gasteiger charge is 2.08. The van der Waals surface area contributed by atoms with Crippen LogP contribution < -0.4 is 0 Å². The second-order valence-corrected chi connectivity index (χ2v) is 3.29. The molecule has 17 heavy (non-hydrogen) atoms. The summed E-state index contributed by atoms with van der Waals surface area (Å²) >= 11 is 5.95. The molecule has 0 bridgehead atoms. The van der Waals surface area contributed by atoms with Gasteiger partial charge in [0.15, 0.2) is 0 Å². The van der Waals surface area contributed by atoms with Crippen LogP contribution in [0.3, 0.4) is 0 Å².